The summed E-state index contributed by atoms with van der Waals surface area (Å²) in [5, 5.41) is 9.75. The maximum atomic E-state index is 4.35. The molecule has 1 unspecified atom stereocenters. The third-order valence-electron chi connectivity index (χ3n) is 3.35. The van der Waals surface area contributed by atoms with E-state index in [9.17, 15) is 0 Å². The van der Waals surface area contributed by atoms with E-state index >= 15 is 0 Å². The molecule has 0 radical (unpaired) electrons. The highest BCUT2D eigenvalue weighted by Crippen LogP contribution is 2.19. The molecule has 2 aromatic rings. The van der Waals surface area contributed by atoms with E-state index in [-0.39, 0.29) is 24.0 Å². The van der Waals surface area contributed by atoms with Crippen LogP contribution in [-0.4, -0.2) is 41.3 Å². The van der Waals surface area contributed by atoms with Gasteiger partial charge in [-0.25, -0.2) is 0 Å². The lowest BCUT2D eigenvalue weighted by Crippen LogP contribution is -2.39. The number of hydrogen-bond acceptors (Lipinski definition) is 3. The van der Waals surface area contributed by atoms with Crippen molar-refractivity contribution in [3.05, 3.63) is 40.3 Å². The Labute approximate surface area is 153 Å². The number of nitrogens with one attached hydrogen (secondary N) is 1. The van der Waals surface area contributed by atoms with Gasteiger partial charge in [-0.05, 0) is 11.4 Å². The summed E-state index contributed by atoms with van der Waals surface area (Å²) in [6, 6.07) is 4.28. The molecule has 0 spiro atoms. The summed E-state index contributed by atoms with van der Waals surface area (Å²) in [6.07, 6.45) is 3.91. The number of aliphatic imine (C=N–C) groups is 1. The Morgan fingerprint density at radius 3 is 2.86 bits per heavy atom. The van der Waals surface area contributed by atoms with E-state index in [4.69, 9.17) is 0 Å². The Kier molecular flexibility index (Phi) is 7.88. The highest BCUT2D eigenvalue weighted by atomic mass is 127. The van der Waals surface area contributed by atoms with Gasteiger partial charge < -0.3 is 10.2 Å². The van der Waals surface area contributed by atoms with Crippen molar-refractivity contribution >= 4 is 41.3 Å². The second kappa shape index (κ2) is 9.14. The molecule has 1 atom stereocenters. The van der Waals surface area contributed by atoms with Crippen molar-refractivity contribution in [2.75, 3.05) is 20.6 Å². The summed E-state index contributed by atoms with van der Waals surface area (Å²) < 4.78 is 1.82. The van der Waals surface area contributed by atoms with Crippen molar-refractivity contribution in [3.63, 3.8) is 0 Å². The third-order valence-corrected chi connectivity index (χ3v) is 4.45. The Balaban J connectivity index is 0.00000242. The van der Waals surface area contributed by atoms with Crippen LogP contribution >= 0.6 is 35.3 Å². The molecule has 0 aromatic carbocycles. The molecule has 7 heteroatoms. The first-order valence-corrected chi connectivity index (χ1v) is 7.91. The predicted octanol–water partition coefficient (Wildman–Crippen LogP) is 2.91. The largest absolute Gasteiger partial charge is 0.356 e. The Morgan fingerprint density at radius 1 is 1.55 bits per heavy atom. The molecule has 2 rings (SSSR count). The Morgan fingerprint density at radius 2 is 2.32 bits per heavy atom. The zero-order valence-corrected chi connectivity index (χ0v) is 16.6. The smallest absolute Gasteiger partial charge is 0.193 e. The van der Waals surface area contributed by atoms with Crippen LogP contribution in [0.25, 0.3) is 0 Å². The van der Waals surface area contributed by atoms with Crippen LogP contribution in [0.5, 0.6) is 0 Å². The van der Waals surface area contributed by atoms with Crippen molar-refractivity contribution in [2.24, 2.45) is 12.0 Å². The molecule has 0 aliphatic heterocycles. The maximum absolute atomic E-state index is 4.35. The fraction of sp³-hybridized carbons (Fsp3) is 0.467. The van der Waals surface area contributed by atoms with E-state index in [1.165, 1.54) is 10.4 Å². The number of aromatic nitrogens is 2. The molecule has 0 bridgehead atoms. The number of halogens is 1. The van der Waals surface area contributed by atoms with Crippen molar-refractivity contribution < 1.29 is 0 Å². The van der Waals surface area contributed by atoms with Crippen LogP contribution < -0.4 is 5.32 Å². The van der Waals surface area contributed by atoms with Gasteiger partial charge in [0.1, 0.15) is 0 Å². The van der Waals surface area contributed by atoms with Gasteiger partial charge in [-0.2, -0.15) is 5.10 Å². The first kappa shape index (κ1) is 19.0. The number of hydrogen-bond donors (Lipinski definition) is 1. The van der Waals surface area contributed by atoms with Crippen molar-refractivity contribution in [2.45, 2.75) is 19.4 Å². The molecule has 2 heterocycles. The van der Waals surface area contributed by atoms with Crippen LogP contribution in [0.4, 0.5) is 0 Å². The van der Waals surface area contributed by atoms with E-state index in [0.29, 0.717) is 5.92 Å². The van der Waals surface area contributed by atoms with Gasteiger partial charge in [-0.1, -0.05) is 13.0 Å². The van der Waals surface area contributed by atoms with Crippen LogP contribution in [0.2, 0.25) is 0 Å². The molecule has 5 nitrogen and oxygen atoms in total. The lowest BCUT2D eigenvalue weighted by atomic mass is 10.1. The molecule has 122 valence electrons. The number of guanidine groups is 1. The van der Waals surface area contributed by atoms with Crippen LogP contribution in [0.1, 0.15) is 23.3 Å². The molecule has 0 amide bonds. The SMILES string of the molecule is CN=C(NCC(C)c1cccs1)N(C)Cc1cnn(C)c1.I. The van der Waals surface area contributed by atoms with Crippen molar-refractivity contribution in [1.29, 1.82) is 0 Å². The molecule has 2 aromatic heterocycles. The first-order chi connectivity index (χ1) is 10.1. The standard InChI is InChI=1S/C15H23N5S.HI/c1-12(14-6-5-7-21-14)8-17-15(16-2)19(3)10-13-9-18-20(4)11-13;/h5-7,9,11-12H,8,10H2,1-4H3,(H,16,17);1H. The molecule has 0 fully saturated rings. The average Bonchev–Trinajstić information content (AvgIpc) is 3.11. The highest BCUT2D eigenvalue weighted by molar-refractivity contribution is 14.0. The lowest BCUT2D eigenvalue weighted by Gasteiger charge is -2.22. The number of rotatable bonds is 5. The second-order valence-electron chi connectivity index (χ2n) is 5.22. The van der Waals surface area contributed by atoms with E-state index < -0.39 is 0 Å². The zero-order chi connectivity index (χ0) is 15.2. The lowest BCUT2D eigenvalue weighted by molar-refractivity contribution is 0.473. The fourth-order valence-corrected chi connectivity index (χ4v) is 2.99. The van der Waals surface area contributed by atoms with Gasteiger partial charge in [-0.3, -0.25) is 9.67 Å². The molecule has 0 aliphatic carbocycles. The van der Waals surface area contributed by atoms with Gasteiger partial charge in [0, 0.05) is 56.8 Å². The van der Waals surface area contributed by atoms with Crippen molar-refractivity contribution in [3.8, 4) is 0 Å². The van der Waals surface area contributed by atoms with Crippen LogP contribution in [0, 0.1) is 0 Å². The van der Waals surface area contributed by atoms with Gasteiger partial charge in [0.15, 0.2) is 5.96 Å². The summed E-state index contributed by atoms with van der Waals surface area (Å²) in [7, 11) is 5.79. The van der Waals surface area contributed by atoms with Crippen LogP contribution in [-0.2, 0) is 13.6 Å². The maximum Gasteiger partial charge on any atom is 0.193 e. The quantitative estimate of drug-likeness (QED) is 0.448. The molecule has 1 N–H and O–H groups in total. The van der Waals surface area contributed by atoms with Crippen LogP contribution in [0.3, 0.4) is 0 Å². The molecule has 0 saturated heterocycles. The predicted molar refractivity (Wildman–Crippen MR) is 104 cm³/mol. The molecule has 22 heavy (non-hydrogen) atoms. The van der Waals surface area contributed by atoms with Gasteiger partial charge in [-0.15, -0.1) is 35.3 Å². The monoisotopic (exact) mass is 433 g/mol. The van der Waals surface area contributed by atoms with E-state index in [1.807, 2.05) is 38.2 Å². The molecular weight excluding hydrogens is 409 g/mol. The minimum atomic E-state index is 0. The topological polar surface area (TPSA) is 45.5 Å². The minimum Gasteiger partial charge on any atom is -0.356 e. The molecule has 0 aliphatic rings. The fourth-order valence-electron chi connectivity index (χ4n) is 2.20. The highest BCUT2D eigenvalue weighted by Gasteiger charge is 2.11. The second-order valence-corrected chi connectivity index (χ2v) is 6.20. The summed E-state index contributed by atoms with van der Waals surface area (Å²) in [4.78, 5) is 7.86. The van der Waals surface area contributed by atoms with Gasteiger partial charge in [0.25, 0.3) is 0 Å². The number of nitrogens with zero attached hydrogens (tertiary/aromatic N) is 4. The molecule has 0 saturated carbocycles. The average molecular weight is 433 g/mol. The van der Waals surface area contributed by atoms with E-state index in [2.05, 4.69) is 44.7 Å². The summed E-state index contributed by atoms with van der Waals surface area (Å²) in [5.74, 6) is 1.39. The van der Waals surface area contributed by atoms with E-state index in [0.717, 1.165) is 19.0 Å². The van der Waals surface area contributed by atoms with Gasteiger partial charge >= 0.3 is 0 Å². The zero-order valence-electron chi connectivity index (χ0n) is 13.5. The Bertz CT molecular complexity index is 579. The third kappa shape index (κ3) is 5.28. The minimum absolute atomic E-state index is 0. The summed E-state index contributed by atoms with van der Waals surface area (Å²) >= 11 is 1.80. The first-order valence-electron chi connectivity index (χ1n) is 7.03. The van der Waals surface area contributed by atoms with Crippen molar-refractivity contribution in [1.82, 2.24) is 20.0 Å². The van der Waals surface area contributed by atoms with Crippen LogP contribution in [0.15, 0.2) is 34.9 Å². The summed E-state index contributed by atoms with van der Waals surface area (Å²) in [5.41, 5.74) is 1.18. The number of thiophene rings is 1. The van der Waals surface area contributed by atoms with E-state index in [1.54, 1.807) is 11.3 Å². The normalized spacial score (nSPS) is 12.6. The Hall–Kier alpha value is -1.09. The van der Waals surface area contributed by atoms with Gasteiger partial charge in [0.2, 0.25) is 0 Å². The summed E-state index contributed by atoms with van der Waals surface area (Å²) in [6.45, 7) is 3.90. The number of aryl methyl sites for hydroxylation is 1. The molecular formula is C15H24IN5S. The van der Waals surface area contributed by atoms with Gasteiger partial charge in [0.05, 0.1) is 6.20 Å².